The summed E-state index contributed by atoms with van der Waals surface area (Å²) in [6.07, 6.45) is -2.31. The number of carboxylic acids is 3. The van der Waals surface area contributed by atoms with Gasteiger partial charge in [0.05, 0.1) is 18.9 Å². The fourth-order valence-electron chi connectivity index (χ4n) is 2.82. The van der Waals surface area contributed by atoms with Gasteiger partial charge < -0.3 is 41.4 Å². The van der Waals surface area contributed by atoms with E-state index in [9.17, 15) is 38.4 Å². The summed E-state index contributed by atoms with van der Waals surface area (Å²) in [7, 11) is 0. The van der Waals surface area contributed by atoms with E-state index in [1.165, 1.54) is 13.8 Å². The SMILES string of the molecule is CC(=O)N[C@@H](CC(=O)O)C(=O)N[C@@H](CCC(=O)O)C(=O)N[C@H](C(=O)N[C@@H](C=O)CC(=O)O)C(C)C. The van der Waals surface area contributed by atoms with E-state index in [4.69, 9.17) is 15.3 Å². The van der Waals surface area contributed by atoms with Gasteiger partial charge in [0, 0.05) is 13.3 Å². The third-order valence-corrected chi connectivity index (χ3v) is 4.49. The topological polar surface area (TPSA) is 245 Å². The van der Waals surface area contributed by atoms with Gasteiger partial charge in [-0.05, 0) is 12.3 Å². The van der Waals surface area contributed by atoms with Gasteiger partial charge in [-0.1, -0.05) is 13.8 Å². The van der Waals surface area contributed by atoms with Crippen molar-refractivity contribution in [3.63, 3.8) is 0 Å². The molecular formula is C20H30N4O11. The van der Waals surface area contributed by atoms with Crippen molar-refractivity contribution in [3.05, 3.63) is 0 Å². The summed E-state index contributed by atoms with van der Waals surface area (Å²) in [6.45, 7) is 4.10. The summed E-state index contributed by atoms with van der Waals surface area (Å²) in [5, 5.41) is 35.5. The van der Waals surface area contributed by atoms with Crippen LogP contribution in [0.4, 0.5) is 0 Å². The second-order valence-electron chi connectivity index (χ2n) is 7.92. The molecule has 7 N–H and O–H groups in total. The quantitative estimate of drug-likeness (QED) is 0.110. The van der Waals surface area contributed by atoms with Crippen LogP contribution in [-0.2, 0) is 38.4 Å². The number of carbonyl (C=O) groups is 8. The Bertz CT molecular complexity index is 827. The van der Waals surface area contributed by atoms with Crippen molar-refractivity contribution in [3.8, 4) is 0 Å². The molecule has 196 valence electrons. The van der Waals surface area contributed by atoms with Crippen LogP contribution in [0.2, 0.25) is 0 Å². The van der Waals surface area contributed by atoms with Gasteiger partial charge in [0.25, 0.3) is 0 Å². The predicted molar refractivity (Wildman–Crippen MR) is 116 cm³/mol. The Morgan fingerprint density at radius 2 is 1.26 bits per heavy atom. The molecule has 0 fully saturated rings. The summed E-state index contributed by atoms with van der Waals surface area (Å²) in [4.78, 5) is 93.1. The number of nitrogens with one attached hydrogen (secondary N) is 4. The highest BCUT2D eigenvalue weighted by Gasteiger charge is 2.32. The highest BCUT2D eigenvalue weighted by Crippen LogP contribution is 2.07. The average Bonchev–Trinajstić information content (AvgIpc) is 2.71. The Morgan fingerprint density at radius 1 is 0.714 bits per heavy atom. The molecule has 0 aliphatic carbocycles. The second kappa shape index (κ2) is 15.0. The lowest BCUT2D eigenvalue weighted by Gasteiger charge is -2.27. The smallest absolute Gasteiger partial charge is 0.305 e. The Hall–Kier alpha value is -4.04. The van der Waals surface area contributed by atoms with Crippen LogP contribution in [0.25, 0.3) is 0 Å². The molecule has 0 unspecified atom stereocenters. The molecule has 15 heteroatoms. The van der Waals surface area contributed by atoms with Gasteiger partial charge in [-0.2, -0.15) is 0 Å². The minimum Gasteiger partial charge on any atom is -0.481 e. The fourth-order valence-corrected chi connectivity index (χ4v) is 2.82. The number of rotatable bonds is 16. The van der Waals surface area contributed by atoms with Gasteiger partial charge in [-0.3, -0.25) is 33.6 Å². The summed E-state index contributed by atoms with van der Waals surface area (Å²) in [5.74, 6) is -8.33. The first-order valence-electron chi connectivity index (χ1n) is 10.5. The van der Waals surface area contributed by atoms with Crippen molar-refractivity contribution in [2.45, 2.75) is 70.6 Å². The van der Waals surface area contributed by atoms with Gasteiger partial charge in [0.2, 0.25) is 23.6 Å². The number of hydrogen-bond acceptors (Lipinski definition) is 8. The van der Waals surface area contributed by atoms with E-state index < -0.39 is 97.3 Å². The zero-order chi connectivity index (χ0) is 27.3. The largest absolute Gasteiger partial charge is 0.481 e. The van der Waals surface area contributed by atoms with Crippen molar-refractivity contribution in [2.75, 3.05) is 0 Å². The van der Waals surface area contributed by atoms with Crippen molar-refractivity contribution >= 4 is 47.8 Å². The number of carbonyl (C=O) groups excluding carboxylic acids is 5. The van der Waals surface area contributed by atoms with Crippen LogP contribution in [-0.4, -0.2) is 87.3 Å². The van der Waals surface area contributed by atoms with Crippen LogP contribution in [0.1, 0.15) is 46.5 Å². The molecular weight excluding hydrogens is 472 g/mol. The summed E-state index contributed by atoms with van der Waals surface area (Å²) < 4.78 is 0. The Kier molecular flexibility index (Phi) is 13.2. The van der Waals surface area contributed by atoms with Crippen molar-refractivity contribution in [2.24, 2.45) is 5.92 Å². The van der Waals surface area contributed by atoms with Crippen LogP contribution in [0.3, 0.4) is 0 Å². The number of aldehydes is 1. The van der Waals surface area contributed by atoms with E-state index in [1.54, 1.807) is 0 Å². The summed E-state index contributed by atoms with van der Waals surface area (Å²) in [6, 6.07) is -5.75. The van der Waals surface area contributed by atoms with Crippen LogP contribution >= 0.6 is 0 Å². The van der Waals surface area contributed by atoms with E-state index >= 15 is 0 Å². The van der Waals surface area contributed by atoms with Gasteiger partial charge in [-0.25, -0.2) is 0 Å². The lowest BCUT2D eigenvalue weighted by molar-refractivity contribution is -0.141. The third kappa shape index (κ3) is 12.7. The van der Waals surface area contributed by atoms with Crippen molar-refractivity contribution < 1.29 is 53.7 Å². The Balaban J connectivity index is 5.66. The molecule has 0 rings (SSSR count). The standard InChI is InChI=1S/C20H30N4O11/c1-9(2)17(20(35)22-11(8-25)6-15(29)30)24-18(33)12(4-5-14(27)28)23-19(34)13(7-16(31)32)21-10(3)26/h8-9,11-13,17H,4-7H2,1-3H3,(H,21,26)(H,22,35)(H,23,34)(H,24,33)(H,27,28)(H,29,30)(H,31,32)/t11-,12+,13+,17+/m1/s1. The minimum absolute atomic E-state index is 0.214. The van der Waals surface area contributed by atoms with E-state index in [0.29, 0.717) is 0 Å². The molecule has 35 heavy (non-hydrogen) atoms. The number of hydrogen-bond donors (Lipinski definition) is 7. The van der Waals surface area contributed by atoms with Gasteiger partial charge >= 0.3 is 17.9 Å². The molecule has 4 atom stereocenters. The van der Waals surface area contributed by atoms with Crippen LogP contribution in [0.15, 0.2) is 0 Å². The monoisotopic (exact) mass is 502 g/mol. The fraction of sp³-hybridized carbons (Fsp3) is 0.600. The normalized spacial score (nSPS) is 13.9. The molecule has 15 nitrogen and oxygen atoms in total. The van der Waals surface area contributed by atoms with Gasteiger partial charge in [-0.15, -0.1) is 0 Å². The zero-order valence-electron chi connectivity index (χ0n) is 19.4. The van der Waals surface area contributed by atoms with Crippen LogP contribution in [0.5, 0.6) is 0 Å². The zero-order valence-corrected chi connectivity index (χ0v) is 19.4. The van der Waals surface area contributed by atoms with E-state index in [2.05, 4.69) is 21.3 Å². The first-order valence-corrected chi connectivity index (χ1v) is 10.5. The molecule has 0 saturated heterocycles. The third-order valence-electron chi connectivity index (χ3n) is 4.49. The number of aliphatic carboxylic acids is 3. The first-order chi connectivity index (χ1) is 16.2. The Morgan fingerprint density at radius 3 is 1.69 bits per heavy atom. The highest BCUT2D eigenvalue weighted by atomic mass is 16.4. The summed E-state index contributed by atoms with van der Waals surface area (Å²) >= 11 is 0. The van der Waals surface area contributed by atoms with Crippen molar-refractivity contribution in [1.29, 1.82) is 0 Å². The number of carboxylic acid groups (broad SMARTS) is 3. The molecule has 0 aromatic rings. The van der Waals surface area contributed by atoms with Gasteiger partial charge in [0.1, 0.15) is 24.4 Å². The lowest BCUT2D eigenvalue weighted by Crippen LogP contribution is -2.58. The lowest BCUT2D eigenvalue weighted by atomic mass is 10.0. The van der Waals surface area contributed by atoms with Gasteiger partial charge in [0.15, 0.2) is 0 Å². The maximum absolute atomic E-state index is 12.8. The predicted octanol–water partition coefficient (Wildman–Crippen LogP) is -2.39. The second-order valence-corrected chi connectivity index (χ2v) is 7.92. The summed E-state index contributed by atoms with van der Waals surface area (Å²) in [5.41, 5.74) is 0. The molecule has 0 aromatic carbocycles. The maximum atomic E-state index is 12.8. The van der Waals surface area contributed by atoms with E-state index in [-0.39, 0.29) is 6.29 Å². The van der Waals surface area contributed by atoms with E-state index in [1.807, 2.05) is 0 Å². The number of amides is 4. The maximum Gasteiger partial charge on any atom is 0.305 e. The molecule has 0 spiro atoms. The molecule has 0 bridgehead atoms. The molecule has 0 saturated carbocycles. The molecule has 4 amide bonds. The molecule has 0 aliphatic heterocycles. The first kappa shape index (κ1) is 31.0. The minimum atomic E-state index is -1.56. The highest BCUT2D eigenvalue weighted by molar-refractivity contribution is 5.96. The van der Waals surface area contributed by atoms with Crippen molar-refractivity contribution in [1.82, 2.24) is 21.3 Å². The van der Waals surface area contributed by atoms with E-state index in [0.717, 1.165) is 6.92 Å². The van der Waals surface area contributed by atoms with Crippen LogP contribution in [0, 0.1) is 5.92 Å². The molecule has 0 aliphatic rings. The molecule has 0 heterocycles. The molecule has 0 aromatic heterocycles. The average molecular weight is 502 g/mol. The Labute approximate surface area is 200 Å². The molecule has 0 radical (unpaired) electrons. The van der Waals surface area contributed by atoms with Crippen LogP contribution < -0.4 is 21.3 Å².